The highest BCUT2D eigenvalue weighted by Crippen LogP contribution is 2.30. The molecule has 110 valence electrons. The van der Waals surface area contributed by atoms with Gasteiger partial charge in [0, 0.05) is 16.8 Å². The molecular formula is C15H21ClN2OS. The zero-order chi connectivity index (χ0) is 14.7. The van der Waals surface area contributed by atoms with E-state index in [1.54, 1.807) is 11.8 Å². The summed E-state index contributed by atoms with van der Waals surface area (Å²) in [5.41, 5.74) is 1.05. The van der Waals surface area contributed by atoms with Crippen LogP contribution in [0.5, 0.6) is 0 Å². The van der Waals surface area contributed by atoms with Crippen LogP contribution >= 0.6 is 23.4 Å². The van der Waals surface area contributed by atoms with Gasteiger partial charge in [-0.15, -0.1) is 0 Å². The molecule has 5 heteroatoms. The molecular weight excluding hydrogens is 292 g/mol. The maximum atomic E-state index is 12.5. The molecule has 0 radical (unpaired) electrons. The first kappa shape index (κ1) is 15.7. The van der Waals surface area contributed by atoms with Crippen LogP contribution < -0.4 is 5.32 Å². The first-order chi connectivity index (χ1) is 9.58. The number of rotatable bonds is 5. The van der Waals surface area contributed by atoms with Crippen LogP contribution in [0.2, 0.25) is 5.02 Å². The van der Waals surface area contributed by atoms with Crippen molar-refractivity contribution < 1.29 is 4.79 Å². The predicted molar refractivity (Wildman–Crippen MR) is 86.1 cm³/mol. The van der Waals surface area contributed by atoms with Crippen LogP contribution in [0, 0.1) is 0 Å². The van der Waals surface area contributed by atoms with Crippen molar-refractivity contribution in [1.29, 1.82) is 0 Å². The van der Waals surface area contributed by atoms with Gasteiger partial charge in [0.15, 0.2) is 0 Å². The third kappa shape index (κ3) is 3.13. The summed E-state index contributed by atoms with van der Waals surface area (Å²) >= 11 is 7.84. The third-order valence-electron chi connectivity index (χ3n) is 3.65. The predicted octanol–water partition coefficient (Wildman–Crippen LogP) is 3.30. The van der Waals surface area contributed by atoms with E-state index < -0.39 is 0 Å². The van der Waals surface area contributed by atoms with Crippen molar-refractivity contribution in [3.8, 4) is 0 Å². The average Bonchev–Trinajstić information content (AvgIpc) is 2.76. The number of nitrogens with zero attached hydrogens (tertiary/aromatic N) is 1. The lowest BCUT2D eigenvalue weighted by molar-refractivity contribution is -0.131. The maximum absolute atomic E-state index is 12.5. The molecule has 1 aromatic carbocycles. The summed E-state index contributed by atoms with van der Waals surface area (Å²) in [6.07, 6.45) is 2.79. The van der Waals surface area contributed by atoms with Crippen molar-refractivity contribution in [3.63, 3.8) is 0 Å². The number of thioether (sulfide) groups is 1. The van der Waals surface area contributed by atoms with Crippen molar-refractivity contribution >= 4 is 29.3 Å². The Hall–Kier alpha value is -0.710. The zero-order valence-corrected chi connectivity index (χ0v) is 13.7. The number of carbonyl (C=O) groups excluding carboxylic acids is 1. The molecule has 1 N–H and O–H groups in total. The zero-order valence-electron chi connectivity index (χ0n) is 12.1. The van der Waals surface area contributed by atoms with Crippen LogP contribution in [0.25, 0.3) is 0 Å². The summed E-state index contributed by atoms with van der Waals surface area (Å²) in [4.78, 5) is 14.5. The molecule has 1 aliphatic heterocycles. The van der Waals surface area contributed by atoms with Crippen molar-refractivity contribution in [2.75, 3.05) is 12.0 Å². The van der Waals surface area contributed by atoms with E-state index in [0.29, 0.717) is 5.02 Å². The summed E-state index contributed by atoms with van der Waals surface area (Å²) in [7, 11) is 0. The second-order valence-corrected chi connectivity index (χ2v) is 6.48. The monoisotopic (exact) mass is 312 g/mol. The van der Waals surface area contributed by atoms with E-state index in [0.717, 1.165) is 17.7 Å². The van der Waals surface area contributed by atoms with Crippen LogP contribution in [0.4, 0.5) is 0 Å². The van der Waals surface area contributed by atoms with E-state index in [4.69, 9.17) is 11.6 Å². The fourth-order valence-electron chi connectivity index (χ4n) is 2.67. The Kier molecular flexibility index (Phi) is 5.35. The third-order valence-corrected chi connectivity index (χ3v) is 4.70. The number of benzene rings is 1. The van der Waals surface area contributed by atoms with Gasteiger partial charge >= 0.3 is 0 Å². The van der Waals surface area contributed by atoms with E-state index in [1.807, 2.05) is 36.1 Å². The molecule has 1 aliphatic rings. The SMILES string of the molecule is CCC1NC(c2cccc(Cl)c2)N(C(C)CSC)C1=O. The molecule has 1 aromatic rings. The largest absolute Gasteiger partial charge is 0.318 e. The van der Waals surface area contributed by atoms with Crippen LogP contribution in [0.1, 0.15) is 32.0 Å². The molecule has 0 aromatic heterocycles. The normalized spacial score (nSPS) is 24.2. The quantitative estimate of drug-likeness (QED) is 0.905. The summed E-state index contributed by atoms with van der Waals surface area (Å²) in [6, 6.07) is 7.85. The Bertz CT molecular complexity index is 483. The molecule has 1 heterocycles. The Labute approximate surface area is 130 Å². The van der Waals surface area contributed by atoms with Gasteiger partial charge in [-0.3, -0.25) is 10.1 Å². The summed E-state index contributed by atoms with van der Waals surface area (Å²) in [5.74, 6) is 1.13. The van der Waals surface area contributed by atoms with Crippen molar-refractivity contribution in [1.82, 2.24) is 10.2 Å². The van der Waals surface area contributed by atoms with Gasteiger partial charge < -0.3 is 4.90 Å². The van der Waals surface area contributed by atoms with Crippen LogP contribution in [0.15, 0.2) is 24.3 Å². The minimum atomic E-state index is -0.0942. The summed E-state index contributed by atoms with van der Waals surface area (Å²) in [5, 5.41) is 4.13. The maximum Gasteiger partial charge on any atom is 0.241 e. The Balaban J connectivity index is 2.31. The molecule has 0 spiro atoms. The molecule has 1 fully saturated rings. The summed E-state index contributed by atoms with van der Waals surface area (Å²) in [6.45, 7) is 4.14. The number of nitrogens with one attached hydrogen (secondary N) is 1. The van der Waals surface area contributed by atoms with E-state index in [1.165, 1.54) is 0 Å². The van der Waals surface area contributed by atoms with Crippen LogP contribution in [-0.4, -0.2) is 34.9 Å². The molecule has 0 saturated carbocycles. The van der Waals surface area contributed by atoms with E-state index in [-0.39, 0.29) is 24.2 Å². The van der Waals surface area contributed by atoms with Crippen LogP contribution in [0.3, 0.4) is 0 Å². The number of hydrogen-bond acceptors (Lipinski definition) is 3. The molecule has 2 rings (SSSR count). The lowest BCUT2D eigenvalue weighted by Crippen LogP contribution is -2.39. The van der Waals surface area contributed by atoms with Gasteiger partial charge in [-0.25, -0.2) is 0 Å². The first-order valence-electron chi connectivity index (χ1n) is 6.91. The van der Waals surface area contributed by atoms with E-state index >= 15 is 0 Å². The molecule has 1 amide bonds. The van der Waals surface area contributed by atoms with Crippen molar-refractivity contribution in [2.45, 2.75) is 38.5 Å². The van der Waals surface area contributed by atoms with Gasteiger partial charge in [0.25, 0.3) is 0 Å². The van der Waals surface area contributed by atoms with Gasteiger partial charge in [0.2, 0.25) is 5.91 Å². The summed E-state index contributed by atoms with van der Waals surface area (Å²) < 4.78 is 0. The van der Waals surface area contributed by atoms with Gasteiger partial charge in [0.1, 0.15) is 6.17 Å². The van der Waals surface area contributed by atoms with Gasteiger partial charge in [0.05, 0.1) is 6.04 Å². The van der Waals surface area contributed by atoms with E-state index in [2.05, 4.69) is 18.5 Å². The lowest BCUT2D eigenvalue weighted by atomic mass is 10.1. The Morgan fingerprint density at radius 2 is 2.25 bits per heavy atom. The number of hydrogen-bond donors (Lipinski definition) is 1. The second kappa shape index (κ2) is 6.83. The standard InChI is InChI=1S/C15H21ClN2OS/c1-4-13-15(19)18(10(2)9-20-3)14(17-13)11-6-5-7-12(16)8-11/h5-8,10,13-14,17H,4,9H2,1-3H3. The highest BCUT2D eigenvalue weighted by Gasteiger charge is 2.40. The molecule has 3 unspecified atom stereocenters. The Morgan fingerprint density at radius 1 is 1.50 bits per heavy atom. The lowest BCUT2D eigenvalue weighted by Gasteiger charge is -2.30. The van der Waals surface area contributed by atoms with Crippen LogP contribution in [-0.2, 0) is 4.79 Å². The van der Waals surface area contributed by atoms with Gasteiger partial charge in [-0.2, -0.15) is 11.8 Å². The van der Waals surface area contributed by atoms with Gasteiger partial charge in [-0.1, -0.05) is 30.7 Å². The number of halogens is 1. The average molecular weight is 313 g/mol. The molecule has 3 atom stereocenters. The minimum absolute atomic E-state index is 0.0756. The second-order valence-electron chi connectivity index (χ2n) is 5.13. The molecule has 1 saturated heterocycles. The molecule has 0 aliphatic carbocycles. The number of amides is 1. The number of carbonyl (C=O) groups is 1. The topological polar surface area (TPSA) is 32.3 Å². The first-order valence-corrected chi connectivity index (χ1v) is 8.68. The fraction of sp³-hybridized carbons (Fsp3) is 0.533. The smallest absolute Gasteiger partial charge is 0.241 e. The van der Waals surface area contributed by atoms with E-state index in [9.17, 15) is 4.79 Å². The Morgan fingerprint density at radius 3 is 2.85 bits per heavy atom. The van der Waals surface area contributed by atoms with Crippen molar-refractivity contribution in [2.24, 2.45) is 0 Å². The van der Waals surface area contributed by atoms with Crippen molar-refractivity contribution in [3.05, 3.63) is 34.9 Å². The highest BCUT2D eigenvalue weighted by atomic mass is 35.5. The molecule has 3 nitrogen and oxygen atoms in total. The molecule has 0 bridgehead atoms. The minimum Gasteiger partial charge on any atom is -0.318 e. The van der Waals surface area contributed by atoms with Gasteiger partial charge in [-0.05, 0) is 37.3 Å². The highest BCUT2D eigenvalue weighted by molar-refractivity contribution is 7.98. The fourth-order valence-corrected chi connectivity index (χ4v) is 3.51. The molecule has 20 heavy (non-hydrogen) atoms.